The maximum atomic E-state index is 5.82. The maximum Gasteiger partial charge on any atom is 0.175 e. The first-order valence-corrected chi connectivity index (χ1v) is 7.97. The van der Waals surface area contributed by atoms with Crippen molar-refractivity contribution >= 4 is 15.9 Å². The van der Waals surface area contributed by atoms with Crippen molar-refractivity contribution in [3.63, 3.8) is 0 Å². The van der Waals surface area contributed by atoms with Gasteiger partial charge in [-0.3, -0.25) is 0 Å². The number of hydrogen-bond donors (Lipinski definition) is 1. The molecule has 0 aliphatic heterocycles. The molecule has 118 valence electrons. The van der Waals surface area contributed by atoms with Crippen molar-refractivity contribution in [2.45, 2.75) is 46.2 Å². The molecule has 3 nitrogen and oxygen atoms in total. The highest BCUT2D eigenvalue weighted by Gasteiger charge is 2.14. The summed E-state index contributed by atoms with van der Waals surface area (Å²) in [4.78, 5) is 0. The first kappa shape index (κ1) is 18.1. The van der Waals surface area contributed by atoms with Crippen LogP contribution in [0.15, 0.2) is 28.8 Å². The third-order valence-corrected chi connectivity index (χ3v) is 3.62. The van der Waals surface area contributed by atoms with E-state index in [2.05, 4.69) is 61.6 Å². The number of hydrogen-bond acceptors (Lipinski definition) is 3. The Kier molecular flexibility index (Phi) is 6.75. The fourth-order valence-corrected chi connectivity index (χ4v) is 2.26. The van der Waals surface area contributed by atoms with Crippen LogP contribution in [0.5, 0.6) is 11.5 Å². The molecular formula is C17H26BrNO2. The fourth-order valence-electron chi connectivity index (χ4n) is 1.66. The second-order valence-electron chi connectivity index (χ2n) is 6.10. The molecule has 4 heteroatoms. The number of nitrogens with one attached hydrogen (secondary N) is 1. The molecule has 0 aromatic heterocycles. The fraction of sp³-hybridized carbons (Fsp3) is 0.529. The van der Waals surface area contributed by atoms with Gasteiger partial charge in [-0.15, -0.1) is 0 Å². The molecule has 0 saturated heterocycles. The van der Waals surface area contributed by atoms with E-state index >= 15 is 0 Å². The smallest absolute Gasteiger partial charge is 0.175 e. The van der Waals surface area contributed by atoms with Gasteiger partial charge in [0.2, 0.25) is 0 Å². The molecule has 0 unspecified atom stereocenters. The molecular weight excluding hydrogens is 330 g/mol. The Morgan fingerprint density at radius 3 is 2.52 bits per heavy atom. The van der Waals surface area contributed by atoms with Crippen molar-refractivity contribution in [2.75, 3.05) is 13.7 Å². The molecule has 1 rings (SSSR count). The van der Waals surface area contributed by atoms with Crippen molar-refractivity contribution < 1.29 is 9.47 Å². The molecule has 0 atom stereocenters. The van der Waals surface area contributed by atoms with Crippen LogP contribution in [0.4, 0.5) is 0 Å². The Hall–Kier alpha value is -1.00. The highest BCUT2D eigenvalue weighted by atomic mass is 79.9. The zero-order chi connectivity index (χ0) is 16.0. The second kappa shape index (κ2) is 7.85. The lowest BCUT2D eigenvalue weighted by Gasteiger charge is -2.21. The van der Waals surface area contributed by atoms with Crippen LogP contribution in [0.25, 0.3) is 0 Å². The minimum absolute atomic E-state index is 0.0771. The first-order valence-electron chi connectivity index (χ1n) is 7.17. The van der Waals surface area contributed by atoms with Crippen LogP contribution in [0.1, 0.15) is 39.7 Å². The number of benzene rings is 1. The Labute approximate surface area is 136 Å². The summed E-state index contributed by atoms with van der Waals surface area (Å²) in [6.45, 7) is 13.7. The van der Waals surface area contributed by atoms with E-state index in [4.69, 9.17) is 9.47 Å². The normalized spacial score (nSPS) is 11.3. The Morgan fingerprint density at radius 1 is 1.33 bits per heavy atom. The highest BCUT2D eigenvalue weighted by Crippen LogP contribution is 2.37. The molecule has 0 spiro atoms. The Balaban J connectivity index is 2.89. The highest BCUT2D eigenvalue weighted by molar-refractivity contribution is 9.10. The number of methoxy groups -OCH3 is 1. The van der Waals surface area contributed by atoms with E-state index in [1.165, 1.54) is 0 Å². The van der Waals surface area contributed by atoms with Crippen molar-refractivity contribution in [3.05, 3.63) is 34.3 Å². The van der Waals surface area contributed by atoms with E-state index in [0.29, 0.717) is 6.61 Å². The minimum Gasteiger partial charge on any atom is -0.493 e. The number of ether oxygens (including phenoxy) is 2. The van der Waals surface area contributed by atoms with Crippen LogP contribution in [0.2, 0.25) is 0 Å². The molecule has 0 fully saturated rings. The summed E-state index contributed by atoms with van der Waals surface area (Å²) in [6.07, 6.45) is 0.910. The summed E-state index contributed by atoms with van der Waals surface area (Å²) >= 11 is 3.57. The molecule has 0 aliphatic carbocycles. The molecule has 0 heterocycles. The SMILES string of the molecule is C=C(CC)COc1c(Br)cc(CNC(C)(C)C)cc1OC. The van der Waals surface area contributed by atoms with Crippen molar-refractivity contribution in [3.8, 4) is 11.5 Å². The van der Waals surface area contributed by atoms with Gasteiger partial charge >= 0.3 is 0 Å². The summed E-state index contributed by atoms with van der Waals surface area (Å²) in [5.41, 5.74) is 2.28. The molecule has 0 radical (unpaired) electrons. The second-order valence-corrected chi connectivity index (χ2v) is 6.96. The molecule has 0 saturated carbocycles. The molecule has 1 N–H and O–H groups in total. The minimum atomic E-state index is 0.0771. The average Bonchev–Trinajstić information content (AvgIpc) is 2.42. The van der Waals surface area contributed by atoms with E-state index in [1.807, 2.05) is 6.07 Å². The first-order chi connectivity index (χ1) is 9.76. The molecule has 1 aromatic rings. The zero-order valence-electron chi connectivity index (χ0n) is 13.7. The lowest BCUT2D eigenvalue weighted by molar-refractivity contribution is 0.315. The zero-order valence-corrected chi connectivity index (χ0v) is 15.3. The maximum absolute atomic E-state index is 5.82. The third kappa shape index (κ3) is 6.10. The van der Waals surface area contributed by atoms with Crippen molar-refractivity contribution in [1.82, 2.24) is 5.32 Å². The summed E-state index contributed by atoms with van der Waals surface area (Å²) < 4.78 is 12.2. The summed E-state index contributed by atoms with van der Waals surface area (Å²) in [7, 11) is 1.66. The van der Waals surface area contributed by atoms with E-state index in [9.17, 15) is 0 Å². The van der Waals surface area contributed by atoms with Crippen molar-refractivity contribution in [1.29, 1.82) is 0 Å². The van der Waals surface area contributed by atoms with Gasteiger partial charge in [-0.25, -0.2) is 0 Å². The van der Waals surface area contributed by atoms with Gasteiger partial charge in [0.05, 0.1) is 11.6 Å². The monoisotopic (exact) mass is 355 g/mol. The van der Waals surface area contributed by atoms with Gasteiger partial charge in [-0.2, -0.15) is 0 Å². The van der Waals surface area contributed by atoms with Crippen LogP contribution < -0.4 is 14.8 Å². The van der Waals surface area contributed by atoms with E-state index in [-0.39, 0.29) is 5.54 Å². The summed E-state index contributed by atoms with van der Waals surface area (Å²) in [5, 5.41) is 3.46. The largest absolute Gasteiger partial charge is 0.493 e. The topological polar surface area (TPSA) is 30.5 Å². The van der Waals surface area contributed by atoms with Gasteiger partial charge in [0.25, 0.3) is 0 Å². The molecule has 1 aromatic carbocycles. The molecule has 0 amide bonds. The standard InChI is InChI=1S/C17H26BrNO2/c1-7-12(2)11-21-16-14(18)8-13(9-15(16)20-6)10-19-17(3,4)5/h8-9,19H,2,7,10-11H2,1,3-6H3. The Morgan fingerprint density at radius 2 is 2.00 bits per heavy atom. The van der Waals surface area contributed by atoms with E-state index < -0.39 is 0 Å². The van der Waals surface area contributed by atoms with Gasteiger partial charge in [-0.1, -0.05) is 13.5 Å². The van der Waals surface area contributed by atoms with Crippen LogP contribution >= 0.6 is 15.9 Å². The molecule has 0 bridgehead atoms. The van der Waals surface area contributed by atoms with Crippen LogP contribution in [0.3, 0.4) is 0 Å². The van der Waals surface area contributed by atoms with Crippen LogP contribution in [-0.4, -0.2) is 19.3 Å². The number of rotatable bonds is 7. The van der Waals surface area contributed by atoms with Crippen LogP contribution in [0, 0.1) is 0 Å². The van der Waals surface area contributed by atoms with Gasteiger partial charge in [-0.05, 0) is 66.4 Å². The van der Waals surface area contributed by atoms with Gasteiger partial charge in [0.15, 0.2) is 11.5 Å². The summed E-state index contributed by atoms with van der Waals surface area (Å²) in [5.74, 6) is 1.46. The third-order valence-electron chi connectivity index (χ3n) is 3.03. The summed E-state index contributed by atoms with van der Waals surface area (Å²) in [6, 6.07) is 4.07. The lowest BCUT2D eigenvalue weighted by atomic mass is 10.1. The Bertz CT molecular complexity index is 492. The molecule has 0 aliphatic rings. The quantitative estimate of drug-likeness (QED) is 0.719. The van der Waals surface area contributed by atoms with Gasteiger partial charge in [0.1, 0.15) is 6.61 Å². The van der Waals surface area contributed by atoms with Gasteiger partial charge < -0.3 is 14.8 Å². The predicted octanol–water partition coefficient (Wildman–Crippen LogP) is 4.69. The van der Waals surface area contributed by atoms with Gasteiger partial charge in [0, 0.05) is 12.1 Å². The predicted molar refractivity (Wildman–Crippen MR) is 92.2 cm³/mol. The lowest BCUT2D eigenvalue weighted by Crippen LogP contribution is -2.35. The van der Waals surface area contributed by atoms with Crippen LogP contribution in [-0.2, 0) is 6.54 Å². The van der Waals surface area contributed by atoms with E-state index in [0.717, 1.165) is 40.1 Å². The molecule has 21 heavy (non-hydrogen) atoms. The average molecular weight is 356 g/mol. The van der Waals surface area contributed by atoms with E-state index in [1.54, 1.807) is 7.11 Å². The van der Waals surface area contributed by atoms with Crippen molar-refractivity contribution in [2.24, 2.45) is 0 Å². The number of halogens is 1.